The fraction of sp³-hybridized carbons (Fsp3) is 0.647. The van der Waals surface area contributed by atoms with Crippen LogP contribution in [0.2, 0.25) is 0 Å². The molecule has 3 unspecified atom stereocenters. The van der Waals surface area contributed by atoms with Crippen LogP contribution in [0.15, 0.2) is 30.3 Å². The van der Waals surface area contributed by atoms with E-state index in [-0.39, 0.29) is 0 Å². The molecule has 1 saturated carbocycles. The molecule has 0 saturated heterocycles. The Morgan fingerprint density at radius 3 is 2.63 bits per heavy atom. The molecule has 0 radical (unpaired) electrons. The maximum Gasteiger partial charge on any atom is 0.0322 e. The first-order chi connectivity index (χ1) is 9.35. The summed E-state index contributed by atoms with van der Waals surface area (Å²) in [5.74, 6) is 0.664. The van der Waals surface area contributed by atoms with E-state index in [0.29, 0.717) is 18.0 Å². The summed E-state index contributed by atoms with van der Waals surface area (Å²) in [6.07, 6.45) is 7.70. The van der Waals surface area contributed by atoms with Gasteiger partial charge in [0.05, 0.1) is 0 Å². The van der Waals surface area contributed by atoms with Gasteiger partial charge in [-0.3, -0.25) is 0 Å². The van der Waals surface area contributed by atoms with Gasteiger partial charge in [-0.2, -0.15) is 0 Å². The third-order valence-corrected chi connectivity index (χ3v) is 4.41. The van der Waals surface area contributed by atoms with Gasteiger partial charge in [-0.15, -0.1) is 0 Å². The smallest absolute Gasteiger partial charge is 0.0322 e. The van der Waals surface area contributed by atoms with Crippen molar-refractivity contribution in [3.8, 4) is 0 Å². The topological polar surface area (TPSA) is 38.0 Å². The lowest BCUT2D eigenvalue weighted by molar-refractivity contribution is 0.243. The van der Waals surface area contributed by atoms with Gasteiger partial charge in [0.15, 0.2) is 0 Å². The second kappa shape index (κ2) is 7.66. The fourth-order valence-corrected chi connectivity index (χ4v) is 3.29. The van der Waals surface area contributed by atoms with E-state index in [1.54, 1.807) is 0 Å². The number of hydrogen-bond acceptors (Lipinski definition) is 2. The SMILES string of the molecule is CCCC(NC1CCCCC1CN)c1ccccc1. The molecule has 1 fully saturated rings. The average Bonchev–Trinajstić information content (AvgIpc) is 2.48. The van der Waals surface area contributed by atoms with Crippen molar-refractivity contribution in [2.24, 2.45) is 11.7 Å². The highest BCUT2D eigenvalue weighted by atomic mass is 15.0. The Kier molecular flexibility index (Phi) is 5.87. The minimum Gasteiger partial charge on any atom is -0.330 e. The molecular weight excluding hydrogens is 232 g/mol. The standard InChI is InChI=1S/C17H28N2/c1-2-8-16(14-9-4-3-5-10-14)19-17-12-7-6-11-15(17)13-18/h3-5,9-10,15-17,19H,2,6-8,11-13,18H2,1H3. The summed E-state index contributed by atoms with van der Waals surface area (Å²) >= 11 is 0. The van der Waals surface area contributed by atoms with Crippen molar-refractivity contribution in [2.75, 3.05) is 6.54 Å². The first-order valence-electron chi connectivity index (χ1n) is 7.86. The quantitative estimate of drug-likeness (QED) is 0.819. The fourth-order valence-electron chi connectivity index (χ4n) is 3.29. The van der Waals surface area contributed by atoms with Crippen LogP contribution in [0.1, 0.15) is 57.1 Å². The summed E-state index contributed by atoms with van der Waals surface area (Å²) < 4.78 is 0. The zero-order valence-electron chi connectivity index (χ0n) is 12.1. The summed E-state index contributed by atoms with van der Waals surface area (Å²) in [6, 6.07) is 12.0. The van der Waals surface area contributed by atoms with E-state index < -0.39 is 0 Å². The van der Waals surface area contributed by atoms with Crippen molar-refractivity contribution < 1.29 is 0 Å². The first-order valence-corrected chi connectivity index (χ1v) is 7.86. The molecule has 2 rings (SSSR count). The monoisotopic (exact) mass is 260 g/mol. The molecule has 0 aliphatic heterocycles. The van der Waals surface area contributed by atoms with Crippen LogP contribution in [0.5, 0.6) is 0 Å². The maximum atomic E-state index is 5.94. The predicted octanol–water partition coefficient (Wildman–Crippen LogP) is 3.63. The Bertz CT molecular complexity index is 350. The van der Waals surface area contributed by atoms with Crippen LogP contribution in [0.3, 0.4) is 0 Å². The van der Waals surface area contributed by atoms with Gasteiger partial charge < -0.3 is 11.1 Å². The van der Waals surface area contributed by atoms with Crippen LogP contribution in [0, 0.1) is 5.92 Å². The van der Waals surface area contributed by atoms with E-state index in [9.17, 15) is 0 Å². The van der Waals surface area contributed by atoms with Crippen LogP contribution >= 0.6 is 0 Å². The number of rotatable bonds is 6. The van der Waals surface area contributed by atoms with Gasteiger partial charge >= 0.3 is 0 Å². The average molecular weight is 260 g/mol. The van der Waals surface area contributed by atoms with Crippen molar-refractivity contribution >= 4 is 0 Å². The highest BCUT2D eigenvalue weighted by Crippen LogP contribution is 2.27. The molecule has 3 N–H and O–H groups in total. The molecule has 0 heterocycles. The lowest BCUT2D eigenvalue weighted by Gasteiger charge is -2.35. The summed E-state index contributed by atoms with van der Waals surface area (Å²) in [5.41, 5.74) is 7.36. The van der Waals surface area contributed by atoms with Gasteiger partial charge in [-0.05, 0) is 37.3 Å². The Labute approximate surface area is 117 Å². The van der Waals surface area contributed by atoms with Crippen molar-refractivity contribution in [3.63, 3.8) is 0 Å². The van der Waals surface area contributed by atoms with Crippen LogP contribution in [-0.4, -0.2) is 12.6 Å². The number of benzene rings is 1. The summed E-state index contributed by atoms with van der Waals surface area (Å²) in [4.78, 5) is 0. The molecule has 2 heteroatoms. The zero-order chi connectivity index (χ0) is 13.5. The van der Waals surface area contributed by atoms with Gasteiger partial charge in [0.1, 0.15) is 0 Å². The summed E-state index contributed by atoms with van der Waals surface area (Å²) in [5, 5.41) is 3.89. The third kappa shape index (κ3) is 4.05. The van der Waals surface area contributed by atoms with E-state index >= 15 is 0 Å². The molecule has 1 aliphatic rings. The van der Waals surface area contributed by atoms with Crippen molar-refractivity contribution in [1.29, 1.82) is 0 Å². The van der Waals surface area contributed by atoms with Crippen molar-refractivity contribution in [1.82, 2.24) is 5.32 Å². The normalized spacial score (nSPS) is 25.2. The molecule has 0 amide bonds. The molecule has 1 aromatic rings. The molecule has 0 bridgehead atoms. The molecule has 106 valence electrons. The van der Waals surface area contributed by atoms with Crippen molar-refractivity contribution in [2.45, 2.75) is 57.5 Å². The molecule has 1 aromatic carbocycles. The van der Waals surface area contributed by atoms with Gasteiger partial charge in [0.2, 0.25) is 0 Å². The Morgan fingerprint density at radius 2 is 1.95 bits per heavy atom. The van der Waals surface area contributed by atoms with Gasteiger partial charge in [-0.1, -0.05) is 56.5 Å². The van der Waals surface area contributed by atoms with E-state index in [1.165, 1.54) is 44.1 Å². The van der Waals surface area contributed by atoms with Crippen LogP contribution in [0.4, 0.5) is 0 Å². The van der Waals surface area contributed by atoms with E-state index in [4.69, 9.17) is 5.73 Å². The Morgan fingerprint density at radius 1 is 1.21 bits per heavy atom. The molecule has 3 atom stereocenters. The summed E-state index contributed by atoms with van der Waals surface area (Å²) in [6.45, 7) is 3.09. The summed E-state index contributed by atoms with van der Waals surface area (Å²) in [7, 11) is 0. The van der Waals surface area contributed by atoms with Gasteiger partial charge in [0, 0.05) is 12.1 Å². The maximum absolute atomic E-state index is 5.94. The van der Waals surface area contributed by atoms with Crippen LogP contribution < -0.4 is 11.1 Å². The van der Waals surface area contributed by atoms with E-state index in [0.717, 1.165) is 6.54 Å². The van der Waals surface area contributed by atoms with Crippen LogP contribution in [0.25, 0.3) is 0 Å². The zero-order valence-corrected chi connectivity index (χ0v) is 12.1. The second-order valence-corrected chi connectivity index (χ2v) is 5.81. The highest BCUT2D eigenvalue weighted by Gasteiger charge is 2.26. The Balaban J connectivity index is 2.03. The number of nitrogens with one attached hydrogen (secondary N) is 1. The molecule has 1 aliphatic carbocycles. The van der Waals surface area contributed by atoms with Gasteiger partial charge in [0.25, 0.3) is 0 Å². The lowest BCUT2D eigenvalue weighted by atomic mass is 9.83. The highest BCUT2D eigenvalue weighted by molar-refractivity contribution is 5.19. The minimum atomic E-state index is 0.489. The Hall–Kier alpha value is -0.860. The number of hydrogen-bond donors (Lipinski definition) is 2. The van der Waals surface area contributed by atoms with Crippen molar-refractivity contribution in [3.05, 3.63) is 35.9 Å². The largest absolute Gasteiger partial charge is 0.330 e. The molecule has 0 aromatic heterocycles. The van der Waals surface area contributed by atoms with E-state index in [1.807, 2.05) is 0 Å². The first kappa shape index (κ1) is 14.5. The van der Waals surface area contributed by atoms with Gasteiger partial charge in [-0.25, -0.2) is 0 Å². The molecule has 2 nitrogen and oxygen atoms in total. The molecule has 0 spiro atoms. The molecule has 19 heavy (non-hydrogen) atoms. The second-order valence-electron chi connectivity index (χ2n) is 5.81. The van der Waals surface area contributed by atoms with E-state index in [2.05, 4.69) is 42.6 Å². The van der Waals surface area contributed by atoms with Crippen LogP contribution in [-0.2, 0) is 0 Å². The lowest BCUT2D eigenvalue weighted by Crippen LogP contribution is -2.43. The third-order valence-electron chi connectivity index (χ3n) is 4.41. The predicted molar refractivity (Wildman–Crippen MR) is 82.0 cm³/mol. The minimum absolute atomic E-state index is 0.489. The number of nitrogens with two attached hydrogens (primary N) is 1. The molecular formula is C17H28N2.